The summed E-state index contributed by atoms with van der Waals surface area (Å²) >= 11 is 1.71. The second-order valence-corrected chi connectivity index (χ2v) is 6.14. The summed E-state index contributed by atoms with van der Waals surface area (Å²) in [5.41, 5.74) is 2.28. The van der Waals surface area contributed by atoms with Crippen molar-refractivity contribution < 1.29 is 4.39 Å². The molecule has 0 aliphatic carbocycles. The Bertz CT molecular complexity index is 779. The van der Waals surface area contributed by atoms with E-state index in [1.807, 2.05) is 18.2 Å². The lowest BCUT2D eigenvalue weighted by molar-refractivity contribution is 0.639. The fourth-order valence-corrected chi connectivity index (χ4v) is 3.95. The fourth-order valence-electron chi connectivity index (χ4n) is 2.91. The van der Waals surface area contributed by atoms with Gasteiger partial charge in [0.1, 0.15) is 5.82 Å². The fraction of sp³-hybridized carbons (Fsp3) is 0.188. The summed E-state index contributed by atoms with van der Waals surface area (Å²) in [5.74, 6) is -0.163. The summed E-state index contributed by atoms with van der Waals surface area (Å²) < 4.78 is 14.0. The van der Waals surface area contributed by atoms with Crippen molar-refractivity contribution in [3.63, 3.8) is 0 Å². The lowest BCUT2D eigenvalue weighted by Gasteiger charge is -2.18. The lowest BCUT2D eigenvalue weighted by atomic mass is 10.0. The zero-order valence-corrected chi connectivity index (χ0v) is 11.9. The van der Waals surface area contributed by atoms with Crippen LogP contribution in [-0.4, -0.2) is 23.2 Å². The van der Waals surface area contributed by atoms with Crippen LogP contribution < -0.4 is 0 Å². The first kappa shape index (κ1) is 12.0. The van der Waals surface area contributed by atoms with Crippen molar-refractivity contribution in [2.24, 2.45) is 4.99 Å². The summed E-state index contributed by atoms with van der Waals surface area (Å²) in [4.78, 5) is 8.00. The van der Waals surface area contributed by atoms with E-state index in [1.165, 1.54) is 16.7 Å². The molecule has 2 aliphatic heterocycles. The van der Waals surface area contributed by atoms with Gasteiger partial charge in [0, 0.05) is 22.4 Å². The number of aliphatic imine (C=N–C) groups is 1. The molecule has 20 heavy (non-hydrogen) atoms. The number of fused-ring (bicyclic) bond motifs is 2. The van der Waals surface area contributed by atoms with Crippen LogP contribution in [0, 0.1) is 5.82 Å². The van der Waals surface area contributed by atoms with E-state index in [9.17, 15) is 4.39 Å². The average Bonchev–Trinajstić information content (AvgIpc) is 2.99. The Kier molecular flexibility index (Phi) is 2.60. The van der Waals surface area contributed by atoms with E-state index in [1.54, 1.807) is 17.8 Å². The van der Waals surface area contributed by atoms with Gasteiger partial charge in [0.25, 0.3) is 0 Å². The average molecular weight is 284 g/mol. The molecule has 0 saturated carbocycles. The Morgan fingerprint density at radius 2 is 1.95 bits per heavy atom. The molecule has 0 unspecified atom stereocenters. The van der Waals surface area contributed by atoms with E-state index in [2.05, 4.69) is 22.9 Å². The molecule has 0 fully saturated rings. The van der Waals surface area contributed by atoms with Crippen molar-refractivity contribution in [3.8, 4) is 0 Å². The maximum Gasteiger partial charge on any atom is 0.168 e. The van der Waals surface area contributed by atoms with Gasteiger partial charge in [0.2, 0.25) is 0 Å². The van der Waals surface area contributed by atoms with E-state index in [0.29, 0.717) is 5.39 Å². The highest BCUT2D eigenvalue weighted by atomic mass is 32.2. The van der Waals surface area contributed by atoms with E-state index < -0.39 is 0 Å². The molecule has 0 amide bonds. The highest BCUT2D eigenvalue weighted by molar-refractivity contribution is 8.17. The van der Waals surface area contributed by atoms with Crippen LogP contribution in [0.15, 0.2) is 46.3 Å². The summed E-state index contributed by atoms with van der Waals surface area (Å²) in [6.07, 6.45) is 0. The highest BCUT2D eigenvalue weighted by Gasteiger charge is 2.31. The molecule has 0 aromatic heterocycles. The number of thioether (sulfide) groups is 1. The van der Waals surface area contributed by atoms with Gasteiger partial charge < -0.3 is 4.90 Å². The minimum Gasteiger partial charge on any atom is -0.318 e. The van der Waals surface area contributed by atoms with Crippen LogP contribution in [0.25, 0.3) is 16.5 Å². The summed E-state index contributed by atoms with van der Waals surface area (Å²) in [6, 6.07) is 11.1. The van der Waals surface area contributed by atoms with E-state index in [-0.39, 0.29) is 5.82 Å². The Balaban J connectivity index is 1.97. The predicted octanol–water partition coefficient (Wildman–Crippen LogP) is 4.09. The molecule has 0 N–H and O–H groups in total. The van der Waals surface area contributed by atoms with E-state index in [4.69, 9.17) is 0 Å². The van der Waals surface area contributed by atoms with Crippen molar-refractivity contribution in [1.82, 2.24) is 4.90 Å². The first-order valence-corrected chi connectivity index (χ1v) is 7.46. The monoisotopic (exact) mass is 284 g/mol. The molecular formula is C16H13FN2S. The largest absolute Gasteiger partial charge is 0.318 e. The Hall–Kier alpha value is -1.81. The zero-order chi connectivity index (χ0) is 13.7. The van der Waals surface area contributed by atoms with Gasteiger partial charge in [-0.2, -0.15) is 0 Å². The van der Waals surface area contributed by atoms with Crippen LogP contribution in [-0.2, 0) is 0 Å². The van der Waals surface area contributed by atoms with Crippen LogP contribution in [0.1, 0.15) is 12.5 Å². The number of amidine groups is 1. The van der Waals surface area contributed by atoms with Gasteiger partial charge in [-0.3, -0.25) is 4.99 Å². The number of halogens is 1. The number of nitrogens with zero attached hydrogens (tertiary/aromatic N) is 2. The molecule has 0 atom stereocenters. The van der Waals surface area contributed by atoms with E-state index in [0.717, 1.165) is 29.2 Å². The molecular weight excluding hydrogens is 271 g/mol. The number of rotatable bonds is 1. The molecule has 100 valence electrons. The van der Waals surface area contributed by atoms with E-state index >= 15 is 0 Å². The van der Waals surface area contributed by atoms with Gasteiger partial charge in [0.15, 0.2) is 5.17 Å². The number of hydrogen-bond acceptors (Lipinski definition) is 3. The maximum atomic E-state index is 14.0. The van der Waals surface area contributed by atoms with Gasteiger partial charge in [-0.1, -0.05) is 42.1 Å². The van der Waals surface area contributed by atoms with Crippen LogP contribution in [0.2, 0.25) is 0 Å². The maximum absolute atomic E-state index is 14.0. The van der Waals surface area contributed by atoms with Crippen LogP contribution in [0.4, 0.5) is 4.39 Å². The topological polar surface area (TPSA) is 15.6 Å². The Morgan fingerprint density at radius 3 is 2.85 bits per heavy atom. The van der Waals surface area contributed by atoms with Crippen molar-refractivity contribution in [2.75, 3.05) is 13.1 Å². The number of benzene rings is 2. The first-order valence-electron chi connectivity index (χ1n) is 6.64. The second kappa shape index (κ2) is 4.35. The van der Waals surface area contributed by atoms with Crippen LogP contribution in [0.5, 0.6) is 0 Å². The molecule has 4 rings (SSSR count). The predicted molar refractivity (Wildman–Crippen MR) is 83.1 cm³/mol. The van der Waals surface area contributed by atoms with Crippen LogP contribution >= 0.6 is 11.8 Å². The smallest absolute Gasteiger partial charge is 0.168 e. The van der Waals surface area contributed by atoms with Gasteiger partial charge in [-0.25, -0.2) is 4.39 Å². The first-order chi connectivity index (χ1) is 9.75. The molecule has 0 spiro atoms. The normalized spacial score (nSPS) is 17.9. The molecule has 2 aromatic rings. The van der Waals surface area contributed by atoms with Crippen molar-refractivity contribution in [3.05, 3.63) is 52.7 Å². The lowest BCUT2D eigenvalue weighted by Crippen LogP contribution is -2.20. The summed E-state index contributed by atoms with van der Waals surface area (Å²) in [5, 5.41) is 2.72. The third kappa shape index (κ3) is 1.61. The molecule has 2 nitrogen and oxygen atoms in total. The molecule has 2 aromatic carbocycles. The molecule has 0 saturated heterocycles. The van der Waals surface area contributed by atoms with Crippen molar-refractivity contribution in [2.45, 2.75) is 6.92 Å². The minimum absolute atomic E-state index is 0.163. The SMILES string of the molecule is CC1=C(c2cccc3c(F)cccc23)N2CCN=C2S1. The minimum atomic E-state index is -0.163. The third-order valence-electron chi connectivity index (χ3n) is 3.77. The van der Waals surface area contributed by atoms with Crippen molar-refractivity contribution >= 4 is 33.4 Å². The molecule has 2 heterocycles. The summed E-state index contributed by atoms with van der Waals surface area (Å²) in [7, 11) is 0. The van der Waals surface area contributed by atoms with Gasteiger partial charge in [-0.05, 0) is 18.4 Å². The van der Waals surface area contributed by atoms with Gasteiger partial charge in [0.05, 0.1) is 12.2 Å². The molecule has 2 aliphatic rings. The molecule has 0 radical (unpaired) electrons. The highest BCUT2D eigenvalue weighted by Crippen LogP contribution is 2.43. The number of allylic oxidation sites excluding steroid dienone is 1. The quantitative estimate of drug-likeness (QED) is 0.784. The second-order valence-electron chi connectivity index (χ2n) is 4.96. The molecule has 0 bridgehead atoms. The van der Waals surface area contributed by atoms with Gasteiger partial charge >= 0.3 is 0 Å². The number of hydrogen-bond donors (Lipinski definition) is 0. The van der Waals surface area contributed by atoms with Crippen molar-refractivity contribution in [1.29, 1.82) is 0 Å². The summed E-state index contributed by atoms with van der Waals surface area (Å²) in [6.45, 7) is 3.87. The Labute approximate surface area is 121 Å². The standard InChI is InChI=1S/C16H13FN2S/c1-10-15(19-9-8-18-16(19)20-10)13-6-2-5-12-11(13)4-3-7-14(12)17/h2-7H,8-9H2,1H3. The van der Waals surface area contributed by atoms with Crippen LogP contribution in [0.3, 0.4) is 0 Å². The molecule has 4 heteroatoms. The Morgan fingerprint density at radius 1 is 1.15 bits per heavy atom. The third-order valence-corrected chi connectivity index (χ3v) is 4.80. The zero-order valence-electron chi connectivity index (χ0n) is 11.1. The van der Waals surface area contributed by atoms with Gasteiger partial charge in [-0.15, -0.1) is 0 Å².